The van der Waals surface area contributed by atoms with Crippen molar-refractivity contribution in [1.82, 2.24) is 9.47 Å². The minimum absolute atomic E-state index is 0.316. The van der Waals surface area contributed by atoms with Gasteiger partial charge in [0.25, 0.3) is 0 Å². The number of nitriles is 1. The lowest BCUT2D eigenvalue weighted by Gasteiger charge is -2.26. The molecule has 0 saturated carbocycles. The number of carbonyl (C=O) groups excluding carboxylic acids is 1. The summed E-state index contributed by atoms with van der Waals surface area (Å²) in [5, 5.41) is 13.6. The summed E-state index contributed by atoms with van der Waals surface area (Å²) in [7, 11) is 0. The zero-order chi connectivity index (χ0) is 24.6. The number of amides is 1. The van der Waals surface area contributed by atoms with Gasteiger partial charge in [-0.05, 0) is 76.0 Å². The number of nitrogens with one attached hydrogen (secondary N) is 1. The summed E-state index contributed by atoms with van der Waals surface area (Å²) >= 11 is 0. The molecule has 7 heteroatoms. The largest absolute Gasteiger partial charge is 0.493 e. The maximum absolute atomic E-state index is 11.7. The van der Waals surface area contributed by atoms with E-state index in [2.05, 4.69) is 27.8 Å². The van der Waals surface area contributed by atoms with Crippen molar-refractivity contribution in [3.8, 4) is 23.1 Å². The van der Waals surface area contributed by atoms with Gasteiger partial charge in [-0.3, -0.25) is 5.32 Å². The summed E-state index contributed by atoms with van der Waals surface area (Å²) in [5.41, 5.74) is 4.06. The standard InChI is InChI=1S/C28H34N4O3/c1-3-32-26-19-23(35-18-8-17-31-15-6-5-7-16-31)13-14-24(26)25(20-29)27(32)21-9-11-22(12-10-21)30-28(33)34-4-2/h9-14,19H,3-8,15-18H2,1-2H3,(H,30,33). The Hall–Kier alpha value is -3.50. The van der Waals surface area contributed by atoms with Gasteiger partial charge in [0.2, 0.25) is 0 Å². The molecule has 1 fully saturated rings. The van der Waals surface area contributed by atoms with Gasteiger partial charge in [-0.25, -0.2) is 4.79 Å². The van der Waals surface area contributed by atoms with Crippen molar-refractivity contribution in [2.24, 2.45) is 0 Å². The number of ether oxygens (including phenoxy) is 2. The minimum Gasteiger partial charge on any atom is -0.493 e. The summed E-state index contributed by atoms with van der Waals surface area (Å²) in [6.45, 7) is 9.05. The van der Waals surface area contributed by atoms with Gasteiger partial charge in [0.15, 0.2) is 0 Å². The van der Waals surface area contributed by atoms with Crippen LogP contribution in [0.2, 0.25) is 0 Å². The van der Waals surface area contributed by atoms with E-state index in [1.165, 1.54) is 32.4 Å². The topological polar surface area (TPSA) is 79.5 Å². The number of aryl methyl sites for hydroxylation is 1. The molecule has 1 aromatic heterocycles. The molecule has 2 aromatic carbocycles. The number of hydrogen-bond acceptors (Lipinski definition) is 5. The molecule has 1 aliphatic rings. The van der Waals surface area contributed by atoms with Crippen molar-refractivity contribution in [2.75, 3.05) is 38.2 Å². The van der Waals surface area contributed by atoms with E-state index in [-0.39, 0.29) is 0 Å². The van der Waals surface area contributed by atoms with Crippen molar-refractivity contribution >= 4 is 22.7 Å². The van der Waals surface area contributed by atoms with E-state index in [4.69, 9.17) is 9.47 Å². The summed E-state index contributed by atoms with van der Waals surface area (Å²) in [6, 6.07) is 15.9. The van der Waals surface area contributed by atoms with E-state index >= 15 is 0 Å². The maximum Gasteiger partial charge on any atom is 0.411 e. The molecule has 1 N–H and O–H groups in total. The molecular weight excluding hydrogens is 440 g/mol. The Kier molecular flexibility index (Phi) is 8.27. The number of benzene rings is 2. The highest BCUT2D eigenvalue weighted by Crippen LogP contribution is 2.35. The third-order valence-electron chi connectivity index (χ3n) is 6.48. The van der Waals surface area contributed by atoms with Crippen LogP contribution < -0.4 is 10.1 Å². The zero-order valence-electron chi connectivity index (χ0n) is 20.7. The van der Waals surface area contributed by atoms with Gasteiger partial charge in [-0.15, -0.1) is 0 Å². The van der Waals surface area contributed by atoms with Crippen LogP contribution in [0.25, 0.3) is 22.2 Å². The quantitative estimate of drug-likeness (QED) is 0.384. The maximum atomic E-state index is 11.7. The van der Waals surface area contributed by atoms with Gasteiger partial charge in [-0.1, -0.05) is 18.6 Å². The number of aromatic nitrogens is 1. The average molecular weight is 475 g/mol. The number of nitrogens with zero attached hydrogens (tertiary/aromatic N) is 3. The Balaban J connectivity index is 1.53. The van der Waals surface area contributed by atoms with Crippen LogP contribution in [0, 0.1) is 11.3 Å². The molecule has 0 bridgehead atoms. The third-order valence-corrected chi connectivity index (χ3v) is 6.48. The molecule has 7 nitrogen and oxygen atoms in total. The molecule has 0 unspecified atom stereocenters. The lowest BCUT2D eigenvalue weighted by molar-refractivity contribution is 0.168. The number of carbonyl (C=O) groups is 1. The molecule has 2 heterocycles. The first-order valence-electron chi connectivity index (χ1n) is 12.6. The zero-order valence-corrected chi connectivity index (χ0v) is 20.7. The molecule has 1 amide bonds. The molecule has 0 spiro atoms. The van der Waals surface area contributed by atoms with Gasteiger partial charge in [0.1, 0.15) is 11.8 Å². The summed E-state index contributed by atoms with van der Waals surface area (Å²) in [6.07, 6.45) is 4.49. The number of fused-ring (bicyclic) bond motifs is 1. The summed E-state index contributed by atoms with van der Waals surface area (Å²) in [5.74, 6) is 0.827. The first kappa shape index (κ1) is 24.6. The highest BCUT2D eigenvalue weighted by Gasteiger charge is 2.19. The van der Waals surface area contributed by atoms with Crippen molar-refractivity contribution in [3.63, 3.8) is 0 Å². The highest BCUT2D eigenvalue weighted by molar-refractivity contribution is 5.95. The van der Waals surface area contributed by atoms with Crippen LogP contribution in [0.1, 0.15) is 45.1 Å². The smallest absolute Gasteiger partial charge is 0.411 e. The monoisotopic (exact) mass is 474 g/mol. The Morgan fingerprint density at radius 2 is 1.86 bits per heavy atom. The number of hydrogen-bond donors (Lipinski definition) is 1. The van der Waals surface area contributed by atoms with E-state index in [0.717, 1.165) is 47.4 Å². The van der Waals surface area contributed by atoms with E-state index in [1.807, 2.05) is 42.5 Å². The average Bonchev–Trinajstić information content (AvgIpc) is 3.20. The molecule has 1 saturated heterocycles. The number of likely N-dealkylation sites (tertiary alicyclic amines) is 1. The predicted molar refractivity (Wildman–Crippen MR) is 139 cm³/mol. The van der Waals surface area contributed by atoms with Crippen LogP contribution in [0.15, 0.2) is 42.5 Å². The minimum atomic E-state index is -0.482. The molecule has 0 aliphatic carbocycles. The predicted octanol–water partition coefficient (Wildman–Crippen LogP) is 6.02. The third kappa shape index (κ3) is 5.77. The van der Waals surface area contributed by atoms with Crippen molar-refractivity contribution in [2.45, 2.75) is 46.1 Å². The number of rotatable bonds is 9. The van der Waals surface area contributed by atoms with Crippen LogP contribution in [-0.4, -0.2) is 48.4 Å². The Labute approximate surface area is 207 Å². The number of anilines is 1. The van der Waals surface area contributed by atoms with Crippen LogP contribution in [0.3, 0.4) is 0 Å². The fourth-order valence-electron chi connectivity index (χ4n) is 4.82. The fraction of sp³-hybridized carbons (Fsp3) is 0.429. The van der Waals surface area contributed by atoms with Crippen LogP contribution in [-0.2, 0) is 11.3 Å². The van der Waals surface area contributed by atoms with E-state index < -0.39 is 6.09 Å². The Morgan fingerprint density at radius 3 is 2.54 bits per heavy atom. The van der Waals surface area contributed by atoms with Gasteiger partial charge in [0, 0.05) is 30.2 Å². The number of piperidine rings is 1. The van der Waals surface area contributed by atoms with E-state index in [0.29, 0.717) is 24.5 Å². The molecule has 3 aromatic rings. The molecule has 0 atom stereocenters. The van der Waals surface area contributed by atoms with Crippen molar-refractivity contribution < 1.29 is 14.3 Å². The molecule has 1 aliphatic heterocycles. The molecule has 35 heavy (non-hydrogen) atoms. The summed E-state index contributed by atoms with van der Waals surface area (Å²) < 4.78 is 13.2. The molecule has 184 valence electrons. The first-order chi connectivity index (χ1) is 17.1. The van der Waals surface area contributed by atoms with Gasteiger partial charge >= 0.3 is 6.09 Å². The van der Waals surface area contributed by atoms with Crippen LogP contribution in [0.5, 0.6) is 5.75 Å². The molecule has 0 radical (unpaired) electrons. The van der Waals surface area contributed by atoms with Crippen molar-refractivity contribution in [1.29, 1.82) is 5.26 Å². The first-order valence-corrected chi connectivity index (χ1v) is 12.6. The Bertz CT molecular complexity index is 1190. The lowest BCUT2D eigenvalue weighted by Crippen LogP contribution is -2.31. The normalized spacial score (nSPS) is 14.0. The van der Waals surface area contributed by atoms with Crippen LogP contribution >= 0.6 is 0 Å². The van der Waals surface area contributed by atoms with Gasteiger partial charge in [-0.2, -0.15) is 5.26 Å². The van der Waals surface area contributed by atoms with Gasteiger partial charge < -0.3 is 18.9 Å². The SMILES string of the molecule is CCOC(=O)Nc1ccc(-c2c(C#N)c3ccc(OCCCN4CCCCC4)cc3n2CC)cc1. The highest BCUT2D eigenvalue weighted by atomic mass is 16.5. The second-order valence-electron chi connectivity index (χ2n) is 8.79. The van der Waals surface area contributed by atoms with Crippen LogP contribution in [0.4, 0.5) is 10.5 Å². The summed E-state index contributed by atoms with van der Waals surface area (Å²) in [4.78, 5) is 14.2. The lowest BCUT2D eigenvalue weighted by atomic mass is 10.1. The van der Waals surface area contributed by atoms with E-state index in [1.54, 1.807) is 6.92 Å². The Morgan fingerprint density at radius 1 is 1.09 bits per heavy atom. The van der Waals surface area contributed by atoms with E-state index in [9.17, 15) is 10.1 Å². The molecular formula is C28H34N4O3. The van der Waals surface area contributed by atoms with Gasteiger partial charge in [0.05, 0.1) is 30.0 Å². The molecule has 4 rings (SSSR count). The van der Waals surface area contributed by atoms with Crippen molar-refractivity contribution in [3.05, 3.63) is 48.0 Å². The second-order valence-corrected chi connectivity index (χ2v) is 8.79. The fourth-order valence-corrected chi connectivity index (χ4v) is 4.82. The second kappa shape index (κ2) is 11.8.